The number of nitrogens with zero attached hydrogens (tertiary/aromatic N) is 1. The van der Waals surface area contributed by atoms with Crippen LogP contribution in [-0.2, 0) is 4.74 Å². The van der Waals surface area contributed by atoms with Gasteiger partial charge in [0, 0.05) is 32.2 Å². The summed E-state index contributed by atoms with van der Waals surface area (Å²) in [5.41, 5.74) is 0. The summed E-state index contributed by atoms with van der Waals surface area (Å²) in [5, 5.41) is 3.07. The van der Waals surface area contributed by atoms with E-state index in [2.05, 4.69) is 5.32 Å². The van der Waals surface area contributed by atoms with Crippen molar-refractivity contribution >= 4 is 6.03 Å². The second-order valence-electron chi connectivity index (χ2n) is 4.63. The Morgan fingerprint density at radius 1 is 1.47 bits per heavy atom. The van der Waals surface area contributed by atoms with Crippen LogP contribution in [0, 0.1) is 5.92 Å². The molecule has 1 aliphatic carbocycles. The van der Waals surface area contributed by atoms with Crippen molar-refractivity contribution < 1.29 is 9.53 Å². The summed E-state index contributed by atoms with van der Waals surface area (Å²) < 4.78 is 5.11. The summed E-state index contributed by atoms with van der Waals surface area (Å²) in [6, 6.07) is 0.567. The maximum absolute atomic E-state index is 11.8. The monoisotopic (exact) mass is 212 g/mol. The molecule has 1 N–H and O–H groups in total. The molecule has 0 spiro atoms. The number of likely N-dealkylation sites (tertiary alicyclic amines) is 1. The molecule has 4 heteroatoms. The smallest absolute Gasteiger partial charge is 0.317 e. The van der Waals surface area contributed by atoms with Crippen LogP contribution >= 0.6 is 0 Å². The fourth-order valence-corrected chi connectivity index (χ4v) is 2.21. The van der Waals surface area contributed by atoms with E-state index in [1.54, 1.807) is 7.11 Å². The first-order valence-electron chi connectivity index (χ1n) is 5.84. The molecule has 86 valence electrons. The van der Waals surface area contributed by atoms with Crippen molar-refractivity contribution in [3.63, 3.8) is 0 Å². The minimum atomic E-state index is 0.123. The molecule has 2 rings (SSSR count). The molecule has 1 heterocycles. The highest BCUT2D eigenvalue weighted by Gasteiger charge is 2.28. The van der Waals surface area contributed by atoms with Crippen molar-refractivity contribution in [3.05, 3.63) is 0 Å². The Morgan fingerprint density at radius 2 is 2.27 bits per heavy atom. The van der Waals surface area contributed by atoms with Gasteiger partial charge in [-0.25, -0.2) is 4.79 Å². The highest BCUT2D eigenvalue weighted by Crippen LogP contribution is 2.20. The average Bonchev–Trinajstić information content (AvgIpc) is 2.60. The topological polar surface area (TPSA) is 41.6 Å². The summed E-state index contributed by atoms with van der Waals surface area (Å²) in [5.74, 6) is 0.530. The molecule has 15 heavy (non-hydrogen) atoms. The predicted octanol–water partition coefficient (Wildman–Crippen LogP) is 1.22. The van der Waals surface area contributed by atoms with Crippen LogP contribution in [0.25, 0.3) is 0 Å². The van der Waals surface area contributed by atoms with Crippen LogP contribution in [0.15, 0.2) is 0 Å². The first-order chi connectivity index (χ1) is 7.29. The van der Waals surface area contributed by atoms with E-state index in [0.29, 0.717) is 12.0 Å². The third-order valence-electron chi connectivity index (χ3n) is 3.41. The average molecular weight is 212 g/mol. The van der Waals surface area contributed by atoms with Gasteiger partial charge < -0.3 is 15.0 Å². The van der Waals surface area contributed by atoms with Gasteiger partial charge in [-0.2, -0.15) is 0 Å². The van der Waals surface area contributed by atoms with E-state index in [9.17, 15) is 4.79 Å². The van der Waals surface area contributed by atoms with E-state index in [4.69, 9.17) is 4.74 Å². The molecule has 2 amide bonds. The Morgan fingerprint density at radius 3 is 2.87 bits per heavy atom. The zero-order chi connectivity index (χ0) is 10.7. The Labute approximate surface area is 91.0 Å². The lowest BCUT2D eigenvalue weighted by molar-refractivity contribution is 0.152. The van der Waals surface area contributed by atoms with Crippen molar-refractivity contribution in [2.45, 2.75) is 31.7 Å². The van der Waals surface area contributed by atoms with Gasteiger partial charge in [0.05, 0.1) is 6.61 Å². The van der Waals surface area contributed by atoms with Gasteiger partial charge >= 0.3 is 6.03 Å². The summed E-state index contributed by atoms with van der Waals surface area (Å²) in [4.78, 5) is 13.7. The molecule has 2 fully saturated rings. The summed E-state index contributed by atoms with van der Waals surface area (Å²) in [7, 11) is 1.72. The third kappa shape index (κ3) is 2.62. The summed E-state index contributed by atoms with van der Waals surface area (Å²) >= 11 is 0. The van der Waals surface area contributed by atoms with E-state index in [0.717, 1.165) is 39.0 Å². The molecule has 4 nitrogen and oxygen atoms in total. The Bertz CT molecular complexity index is 229. The van der Waals surface area contributed by atoms with Gasteiger partial charge in [-0.05, 0) is 25.7 Å². The van der Waals surface area contributed by atoms with Crippen LogP contribution in [0.2, 0.25) is 0 Å². The molecule has 1 unspecified atom stereocenters. The van der Waals surface area contributed by atoms with Gasteiger partial charge in [0.25, 0.3) is 0 Å². The van der Waals surface area contributed by atoms with E-state index in [1.807, 2.05) is 4.90 Å². The van der Waals surface area contributed by atoms with Crippen molar-refractivity contribution in [1.82, 2.24) is 10.2 Å². The van der Waals surface area contributed by atoms with Gasteiger partial charge in [0.2, 0.25) is 0 Å². The van der Waals surface area contributed by atoms with Crippen LogP contribution in [0.4, 0.5) is 4.79 Å². The lowest BCUT2D eigenvalue weighted by Crippen LogP contribution is -2.46. The first kappa shape index (κ1) is 10.7. The van der Waals surface area contributed by atoms with Gasteiger partial charge in [0.1, 0.15) is 0 Å². The number of carbonyl (C=O) groups is 1. The molecule has 0 radical (unpaired) electrons. The fourth-order valence-electron chi connectivity index (χ4n) is 2.21. The van der Waals surface area contributed by atoms with E-state index < -0.39 is 0 Å². The van der Waals surface area contributed by atoms with E-state index in [1.165, 1.54) is 6.42 Å². The first-order valence-corrected chi connectivity index (χ1v) is 5.84. The normalized spacial score (nSPS) is 26.5. The molecule has 0 aromatic heterocycles. The molecule has 0 aromatic rings. The Balaban J connectivity index is 1.71. The van der Waals surface area contributed by atoms with Crippen LogP contribution < -0.4 is 5.32 Å². The zero-order valence-electron chi connectivity index (χ0n) is 9.37. The highest BCUT2D eigenvalue weighted by molar-refractivity contribution is 5.74. The predicted molar refractivity (Wildman–Crippen MR) is 57.7 cm³/mol. The van der Waals surface area contributed by atoms with Crippen molar-refractivity contribution in [2.75, 3.05) is 26.8 Å². The zero-order valence-corrected chi connectivity index (χ0v) is 9.37. The second-order valence-corrected chi connectivity index (χ2v) is 4.63. The van der Waals surface area contributed by atoms with Crippen molar-refractivity contribution in [1.29, 1.82) is 0 Å². The number of amides is 2. The number of hydrogen-bond acceptors (Lipinski definition) is 2. The second kappa shape index (κ2) is 4.84. The highest BCUT2D eigenvalue weighted by atomic mass is 16.5. The molecule has 1 saturated carbocycles. The minimum absolute atomic E-state index is 0.123. The van der Waals surface area contributed by atoms with Crippen LogP contribution in [-0.4, -0.2) is 43.8 Å². The van der Waals surface area contributed by atoms with E-state index in [-0.39, 0.29) is 6.03 Å². The standard InChI is InChI=1S/C11H20N2O2/c1-15-8-9-5-6-13(7-9)11(14)12-10-3-2-4-10/h9-10H,2-8H2,1H3,(H,12,14). The quantitative estimate of drug-likeness (QED) is 0.764. The molecular weight excluding hydrogens is 192 g/mol. The summed E-state index contributed by atoms with van der Waals surface area (Å²) in [6.45, 7) is 2.51. The van der Waals surface area contributed by atoms with Crippen LogP contribution in [0.3, 0.4) is 0 Å². The molecule has 0 bridgehead atoms. The Hall–Kier alpha value is -0.770. The maximum Gasteiger partial charge on any atom is 0.317 e. The van der Waals surface area contributed by atoms with Crippen LogP contribution in [0.5, 0.6) is 0 Å². The molecule has 1 aliphatic heterocycles. The number of carbonyl (C=O) groups excluding carboxylic acids is 1. The SMILES string of the molecule is COCC1CCN(C(=O)NC2CCC2)C1. The molecular formula is C11H20N2O2. The van der Waals surface area contributed by atoms with Crippen LogP contribution in [0.1, 0.15) is 25.7 Å². The number of ether oxygens (including phenoxy) is 1. The van der Waals surface area contributed by atoms with Gasteiger partial charge in [-0.15, -0.1) is 0 Å². The molecule has 1 atom stereocenters. The van der Waals surface area contributed by atoms with Gasteiger partial charge in [-0.3, -0.25) is 0 Å². The summed E-state index contributed by atoms with van der Waals surface area (Å²) in [6.07, 6.45) is 4.64. The molecule has 2 aliphatic rings. The number of urea groups is 1. The maximum atomic E-state index is 11.8. The largest absolute Gasteiger partial charge is 0.384 e. The van der Waals surface area contributed by atoms with Gasteiger partial charge in [0.15, 0.2) is 0 Å². The minimum Gasteiger partial charge on any atom is -0.384 e. The number of rotatable bonds is 3. The van der Waals surface area contributed by atoms with E-state index >= 15 is 0 Å². The molecule has 0 aromatic carbocycles. The van der Waals surface area contributed by atoms with Crippen molar-refractivity contribution in [2.24, 2.45) is 5.92 Å². The molecule has 1 saturated heterocycles. The number of nitrogens with one attached hydrogen (secondary N) is 1. The lowest BCUT2D eigenvalue weighted by Gasteiger charge is -2.29. The number of methoxy groups -OCH3 is 1. The number of hydrogen-bond donors (Lipinski definition) is 1. The van der Waals surface area contributed by atoms with Crippen molar-refractivity contribution in [3.8, 4) is 0 Å². The Kier molecular flexibility index (Phi) is 3.46. The van der Waals surface area contributed by atoms with Gasteiger partial charge in [-0.1, -0.05) is 0 Å². The third-order valence-corrected chi connectivity index (χ3v) is 3.41. The fraction of sp³-hybridized carbons (Fsp3) is 0.909. The lowest BCUT2D eigenvalue weighted by atomic mass is 9.93.